The van der Waals surface area contributed by atoms with E-state index in [0.717, 1.165) is 0 Å². The van der Waals surface area contributed by atoms with Gasteiger partial charge < -0.3 is 14.2 Å². The van der Waals surface area contributed by atoms with Crippen LogP contribution in [-0.4, -0.2) is 61.9 Å². The number of alkyl halides is 12. The van der Waals surface area contributed by atoms with Crippen molar-refractivity contribution in [2.75, 3.05) is 13.2 Å². The minimum absolute atomic E-state index is 1.37. The van der Waals surface area contributed by atoms with Crippen molar-refractivity contribution in [1.82, 2.24) is 0 Å². The van der Waals surface area contributed by atoms with Crippen LogP contribution in [0.1, 0.15) is 12.8 Å². The van der Waals surface area contributed by atoms with Crippen LogP contribution in [0.5, 0.6) is 0 Å². The molecule has 0 heterocycles. The fraction of sp³-hybridized carbons (Fsp3) is 0.667. The molecule has 0 fully saturated rings. The Kier molecular flexibility index (Phi) is 10.1. The van der Waals surface area contributed by atoms with Gasteiger partial charge in [0.2, 0.25) is 0 Å². The molecular weight excluding hydrogens is 504 g/mol. The number of esters is 3. The van der Waals surface area contributed by atoms with E-state index in [0.29, 0.717) is 0 Å². The van der Waals surface area contributed by atoms with Gasteiger partial charge in [-0.15, -0.1) is 0 Å². The molecule has 1 unspecified atom stereocenters. The molecule has 0 bridgehead atoms. The highest BCUT2D eigenvalue weighted by Gasteiger charge is 2.60. The van der Waals surface area contributed by atoms with Crippen LogP contribution in [0.2, 0.25) is 0 Å². The number of carbonyl (C=O) groups excluding carboxylic acids is 3. The molecule has 0 saturated heterocycles. The summed E-state index contributed by atoms with van der Waals surface area (Å²) in [5.41, 5.74) is -1.37. The first kappa shape index (κ1) is 30.3. The highest BCUT2D eigenvalue weighted by molar-refractivity contribution is 5.89. The fourth-order valence-corrected chi connectivity index (χ4v) is 1.82. The molecular formula is C15H12F12O6. The second kappa shape index (κ2) is 11.0. The third-order valence-electron chi connectivity index (χ3n) is 3.12. The van der Waals surface area contributed by atoms with Gasteiger partial charge in [-0.1, -0.05) is 6.58 Å². The van der Waals surface area contributed by atoms with Crippen molar-refractivity contribution in [3.05, 3.63) is 12.2 Å². The molecule has 0 amide bonds. The second-order valence-electron chi connectivity index (χ2n) is 6.08. The number of ether oxygens (including phenoxy) is 3. The summed E-state index contributed by atoms with van der Waals surface area (Å²) in [4.78, 5) is 34.7. The lowest BCUT2D eigenvalue weighted by Gasteiger charge is -2.23. The Bertz CT molecular complexity index is 705. The third-order valence-corrected chi connectivity index (χ3v) is 3.12. The van der Waals surface area contributed by atoms with Crippen molar-refractivity contribution < 1.29 is 81.3 Å². The molecule has 33 heavy (non-hydrogen) atoms. The molecule has 0 spiro atoms. The molecule has 0 aromatic rings. The molecule has 0 N–H and O–H groups in total. The maximum absolute atomic E-state index is 12.4. The molecule has 18 heteroatoms. The average Bonchev–Trinajstić information content (AvgIpc) is 2.58. The predicted molar refractivity (Wildman–Crippen MR) is 77.9 cm³/mol. The highest BCUT2D eigenvalue weighted by atomic mass is 19.4. The van der Waals surface area contributed by atoms with E-state index in [9.17, 15) is 67.1 Å². The van der Waals surface area contributed by atoms with E-state index in [-0.39, 0.29) is 0 Å². The molecule has 0 aliphatic carbocycles. The zero-order chi connectivity index (χ0) is 26.4. The second-order valence-corrected chi connectivity index (χ2v) is 6.08. The number of hydrogen-bond donors (Lipinski definition) is 0. The van der Waals surface area contributed by atoms with E-state index in [4.69, 9.17) is 0 Å². The van der Waals surface area contributed by atoms with E-state index < -0.39 is 86.3 Å². The van der Waals surface area contributed by atoms with Crippen LogP contribution < -0.4 is 0 Å². The predicted octanol–water partition coefficient (Wildman–Crippen LogP) is 4.19. The van der Waals surface area contributed by atoms with Crippen LogP contribution in [0.4, 0.5) is 52.7 Å². The Morgan fingerprint density at radius 2 is 1.12 bits per heavy atom. The van der Waals surface area contributed by atoms with Gasteiger partial charge in [-0.3, -0.25) is 9.59 Å². The minimum atomic E-state index is -6.14. The molecule has 0 aliphatic heterocycles. The van der Waals surface area contributed by atoms with Gasteiger partial charge in [-0.05, 0) is 6.42 Å². The number of rotatable bonds is 9. The fourth-order valence-electron chi connectivity index (χ4n) is 1.82. The molecule has 0 aromatic carbocycles. The van der Waals surface area contributed by atoms with Crippen LogP contribution >= 0.6 is 0 Å². The van der Waals surface area contributed by atoms with Gasteiger partial charge in [0.25, 0.3) is 6.10 Å². The van der Waals surface area contributed by atoms with E-state index in [2.05, 4.69) is 20.8 Å². The minimum Gasteiger partial charge on any atom is -0.456 e. The maximum atomic E-state index is 12.4. The van der Waals surface area contributed by atoms with Crippen molar-refractivity contribution in [3.63, 3.8) is 0 Å². The summed E-state index contributed by atoms with van der Waals surface area (Å²) in [7, 11) is 0. The zero-order valence-electron chi connectivity index (χ0n) is 15.7. The standard InChI is InChI=1S/C15H12F12O6/c1-6(9(29)33-11(14(22,23)24)15(25,26)27)2-7(10(30)32-5-13(19,20)21)3-8(28)31-4-12(16,17)18/h7,11H,1-5H2. The van der Waals surface area contributed by atoms with E-state index in [1.807, 2.05) is 0 Å². The Morgan fingerprint density at radius 1 is 0.697 bits per heavy atom. The van der Waals surface area contributed by atoms with E-state index in [1.54, 1.807) is 0 Å². The van der Waals surface area contributed by atoms with Crippen molar-refractivity contribution in [1.29, 1.82) is 0 Å². The van der Waals surface area contributed by atoms with E-state index >= 15 is 0 Å². The van der Waals surface area contributed by atoms with Crippen LogP contribution in [0, 0.1) is 5.92 Å². The quantitative estimate of drug-likeness (QED) is 0.198. The Balaban J connectivity index is 5.46. The summed E-state index contributed by atoms with van der Waals surface area (Å²) in [6, 6.07) is 0. The molecule has 0 aliphatic rings. The largest absolute Gasteiger partial charge is 0.456 e. The molecule has 0 saturated carbocycles. The Labute approximate surface area is 175 Å². The van der Waals surface area contributed by atoms with Crippen LogP contribution in [-0.2, 0) is 28.6 Å². The Hall–Kier alpha value is -2.69. The number of halogens is 12. The SMILES string of the molecule is C=C(CC(CC(=O)OCC(F)(F)F)C(=O)OCC(F)(F)F)C(=O)OC(C(F)(F)F)C(F)(F)F. The Morgan fingerprint density at radius 3 is 1.52 bits per heavy atom. The monoisotopic (exact) mass is 516 g/mol. The van der Waals surface area contributed by atoms with Gasteiger partial charge in [-0.25, -0.2) is 4.79 Å². The summed E-state index contributed by atoms with van der Waals surface area (Å²) < 4.78 is 158. The summed E-state index contributed by atoms with van der Waals surface area (Å²) >= 11 is 0. The summed E-state index contributed by atoms with van der Waals surface area (Å²) in [6.45, 7) is -1.75. The summed E-state index contributed by atoms with van der Waals surface area (Å²) in [5.74, 6) is -8.57. The van der Waals surface area contributed by atoms with Gasteiger partial charge in [0.15, 0.2) is 13.2 Å². The first-order valence-electron chi connectivity index (χ1n) is 8.01. The number of hydrogen-bond acceptors (Lipinski definition) is 6. The van der Waals surface area contributed by atoms with Gasteiger partial charge in [0.1, 0.15) is 0 Å². The van der Waals surface area contributed by atoms with Crippen LogP contribution in [0.3, 0.4) is 0 Å². The third kappa shape index (κ3) is 12.8. The van der Waals surface area contributed by atoms with Crippen molar-refractivity contribution in [2.24, 2.45) is 5.92 Å². The number of carbonyl (C=O) groups is 3. The first-order chi connectivity index (χ1) is 14.5. The highest BCUT2D eigenvalue weighted by Crippen LogP contribution is 2.36. The molecule has 1 atom stereocenters. The van der Waals surface area contributed by atoms with Crippen LogP contribution in [0.25, 0.3) is 0 Å². The lowest BCUT2D eigenvalue weighted by atomic mass is 9.97. The molecule has 0 aromatic heterocycles. The normalized spacial score (nSPS) is 14.0. The first-order valence-corrected chi connectivity index (χ1v) is 8.01. The van der Waals surface area contributed by atoms with Crippen LogP contribution in [0.15, 0.2) is 12.2 Å². The van der Waals surface area contributed by atoms with E-state index in [1.165, 1.54) is 0 Å². The summed E-state index contributed by atoms with van der Waals surface area (Å²) in [5, 5.41) is 0. The molecule has 6 nitrogen and oxygen atoms in total. The van der Waals surface area contributed by atoms with Crippen molar-refractivity contribution >= 4 is 17.9 Å². The van der Waals surface area contributed by atoms with Gasteiger partial charge in [-0.2, -0.15) is 52.7 Å². The van der Waals surface area contributed by atoms with Crippen molar-refractivity contribution in [3.8, 4) is 0 Å². The van der Waals surface area contributed by atoms with Gasteiger partial charge in [0.05, 0.1) is 12.3 Å². The zero-order valence-corrected chi connectivity index (χ0v) is 15.7. The topological polar surface area (TPSA) is 78.9 Å². The van der Waals surface area contributed by atoms with Gasteiger partial charge >= 0.3 is 42.6 Å². The average molecular weight is 516 g/mol. The summed E-state index contributed by atoms with van der Waals surface area (Å²) in [6.07, 6.45) is -30.0. The smallest absolute Gasteiger partial charge is 0.434 e. The lowest BCUT2D eigenvalue weighted by molar-refractivity contribution is -0.312. The lowest BCUT2D eigenvalue weighted by Crippen LogP contribution is -2.45. The van der Waals surface area contributed by atoms with Gasteiger partial charge in [0, 0.05) is 5.57 Å². The van der Waals surface area contributed by atoms with Crippen molar-refractivity contribution in [2.45, 2.75) is 43.7 Å². The maximum Gasteiger partial charge on any atom is 0.434 e. The molecule has 0 radical (unpaired) electrons. The molecule has 192 valence electrons. The molecule has 0 rings (SSSR count).